The Morgan fingerprint density at radius 1 is 1.33 bits per heavy atom. The van der Waals surface area contributed by atoms with Gasteiger partial charge in [-0.15, -0.1) is 24.8 Å². The normalized spacial score (nSPS) is 14.8. The summed E-state index contributed by atoms with van der Waals surface area (Å²) in [5.74, 6) is -0.161. The van der Waals surface area contributed by atoms with Gasteiger partial charge in [0, 0.05) is 25.3 Å². The van der Waals surface area contributed by atoms with E-state index in [4.69, 9.17) is 10.5 Å². The van der Waals surface area contributed by atoms with Crippen molar-refractivity contribution in [3.63, 3.8) is 0 Å². The molecule has 1 aliphatic rings. The van der Waals surface area contributed by atoms with E-state index in [1.807, 2.05) is 19.1 Å². The Bertz CT molecular complexity index is 452. The van der Waals surface area contributed by atoms with E-state index < -0.39 is 0 Å². The summed E-state index contributed by atoms with van der Waals surface area (Å²) in [7, 11) is 0. The first-order chi connectivity index (χ1) is 9.19. The van der Waals surface area contributed by atoms with Gasteiger partial charge >= 0.3 is 0 Å². The van der Waals surface area contributed by atoms with Gasteiger partial charge in [0.1, 0.15) is 0 Å². The van der Waals surface area contributed by atoms with Gasteiger partial charge < -0.3 is 15.8 Å². The van der Waals surface area contributed by atoms with E-state index in [2.05, 4.69) is 16.3 Å². The minimum absolute atomic E-state index is 0. The molecule has 0 unspecified atom stereocenters. The van der Waals surface area contributed by atoms with Crippen molar-refractivity contribution in [2.75, 3.05) is 38.2 Å². The van der Waals surface area contributed by atoms with Crippen molar-refractivity contribution in [2.45, 2.75) is 13.5 Å². The molecule has 0 aliphatic carbocycles. The molecule has 0 radical (unpaired) electrons. The van der Waals surface area contributed by atoms with Crippen LogP contribution in [0.4, 0.5) is 5.69 Å². The van der Waals surface area contributed by atoms with Crippen LogP contribution in [0.2, 0.25) is 0 Å². The number of nitrogens with zero attached hydrogens (tertiary/aromatic N) is 1. The molecule has 7 heteroatoms. The molecule has 3 N–H and O–H groups in total. The maximum Gasteiger partial charge on any atom is 0.238 e. The zero-order valence-corrected chi connectivity index (χ0v) is 13.8. The molecule has 1 amide bonds. The Morgan fingerprint density at radius 2 is 2.00 bits per heavy atom. The van der Waals surface area contributed by atoms with Crippen LogP contribution in [0, 0.1) is 6.92 Å². The summed E-state index contributed by atoms with van der Waals surface area (Å²) in [5, 5.41) is 2.83. The van der Waals surface area contributed by atoms with Crippen molar-refractivity contribution in [3.05, 3.63) is 29.3 Å². The van der Waals surface area contributed by atoms with E-state index in [1.54, 1.807) is 0 Å². The van der Waals surface area contributed by atoms with Crippen molar-refractivity contribution < 1.29 is 9.53 Å². The van der Waals surface area contributed by atoms with Crippen molar-refractivity contribution in [1.29, 1.82) is 0 Å². The number of amides is 1. The second-order valence-corrected chi connectivity index (χ2v) is 4.79. The van der Waals surface area contributed by atoms with Crippen LogP contribution in [0.25, 0.3) is 0 Å². The highest BCUT2D eigenvalue weighted by Crippen LogP contribution is 2.18. The number of hydrogen-bond donors (Lipinski definition) is 2. The van der Waals surface area contributed by atoms with E-state index in [0.29, 0.717) is 0 Å². The van der Waals surface area contributed by atoms with Crippen molar-refractivity contribution in [2.24, 2.45) is 5.73 Å². The number of carbonyl (C=O) groups is 1. The number of carbonyl (C=O) groups excluding carboxylic acids is 1. The summed E-state index contributed by atoms with van der Waals surface area (Å²) in [6.45, 7) is 6.37. The molecule has 0 saturated carbocycles. The van der Waals surface area contributed by atoms with E-state index in [0.717, 1.165) is 44.1 Å². The number of ether oxygens (including phenoxy) is 1. The molecule has 120 valence electrons. The van der Waals surface area contributed by atoms with Gasteiger partial charge in [-0.1, -0.05) is 12.1 Å². The Labute approximate surface area is 138 Å². The molecule has 1 aliphatic heterocycles. The minimum Gasteiger partial charge on any atom is -0.379 e. The molecule has 5 nitrogen and oxygen atoms in total. The average molecular weight is 336 g/mol. The maximum absolute atomic E-state index is 11.4. The van der Waals surface area contributed by atoms with Crippen LogP contribution in [-0.4, -0.2) is 43.7 Å². The SMILES string of the molecule is Cc1ccc(CN2CCOCC2)cc1NC(=O)CN.Cl.Cl. The van der Waals surface area contributed by atoms with Gasteiger partial charge in [-0.2, -0.15) is 0 Å². The highest BCUT2D eigenvalue weighted by molar-refractivity contribution is 5.92. The molecule has 21 heavy (non-hydrogen) atoms. The van der Waals surface area contributed by atoms with Gasteiger partial charge in [0.15, 0.2) is 0 Å². The summed E-state index contributed by atoms with van der Waals surface area (Å²) in [6.07, 6.45) is 0. The van der Waals surface area contributed by atoms with Crippen LogP contribution in [0.1, 0.15) is 11.1 Å². The van der Waals surface area contributed by atoms with Crippen LogP contribution in [0.3, 0.4) is 0 Å². The molecule has 0 aromatic heterocycles. The summed E-state index contributed by atoms with van der Waals surface area (Å²) in [5.41, 5.74) is 8.41. The number of anilines is 1. The van der Waals surface area contributed by atoms with Gasteiger partial charge in [-0.25, -0.2) is 0 Å². The van der Waals surface area contributed by atoms with Crippen LogP contribution < -0.4 is 11.1 Å². The standard InChI is InChI=1S/C14H21N3O2.2ClH/c1-11-2-3-12(8-13(11)16-14(18)9-15)10-17-4-6-19-7-5-17;;/h2-3,8H,4-7,9-10,15H2,1H3,(H,16,18);2*1H. The molecule has 1 fully saturated rings. The van der Waals surface area contributed by atoms with Crippen molar-refractivity contribution in [1.82, 2.24) is 4.90 Å². The third-order valence-electron chi connectivity index (χ3n) is 3.27. The van der Waals surface area contributed by atoms with E-state index in [1.165, 1.54) is 5.56 Å². The van der Waals surface area contributed by atoms with Crippen LogP contribution in [0.5, 0.6) is 0 Å². The topological polar surface area (TPSA) is 67.6 Å². The first-order valence-electron chi connectivity index (χ1n) is 6.58. The highest BCUT2D eigenvalue weighted by atomic mass is 35.5. The molecule has 1 aromatic rings. The molecule has 1 heterocycles. The molecule has 0 spiro atoms. The number of rotatable bonds is 4. The smallest absolute Gasteiger partial charge is 0.238 e. The molecular formula is C14H23Cl2N3O2. The lowest BCUT2D eigenvalue weighted by Crippen LogP contribution is -2.35. The first-order valence-corrected chi connectivity index (χ1v) is 6.58. The Kier molecular flexibility index (Phi) is 9.57. The van der Waals surface area contributed by atoms with Crippen molar-refractivity contribution in [3.8, 4) is 0 Å². The summed E-state index contributed by atoms with van der Waals surface area (Å²) in [6, 6.07) is 6.16. The molecule has 0 bridgehead atoms. The second-order valence-electron chi connectivity index (χ2n) is 4.79. The summed E-state index contributed by atoms with van der Waals surface area (Å²) < 4.78 is 5.33. The second kappa shape index (κ2) is 9.97. The third-order valence-corrected chi connectivity index (χ3v) is 3.27. The van der Waals surface area contributed by atoms with Gasteiger partial charge in [-0.3, -0.25) is 9.69 Å². The number of hydrogen-bond acceptors (Lipinski definition) is 4. The Morgan fingerprint density at radius 3 is 2.62 bits per heavy atom. The quantitative estimate of drug-likeness (QED) is 0.876. The van der Waals surface area contributed by atoms with E-state index in [9.17, 15) is 4.79 Å². The summed E-state index contributed by atoms with van der Waals surface area (Å²) >= 11 is 0. The molecule has 0 atom stereocenters. The van der Waals surface area contributed by atoms with E-state index >= 15 is 0 Å². The van der Waals surface area contributed by atoms with Crippen molar-refractivity contribution >= 4 is 36.4 Å². The predicted octanol–water partition coefficient (Wildman–Crippen LogP) is 1.57. The van der Waals surface area contributed by atoms with E-state index in [-0.39, 0.29) is 37.3 Å². The summed E-state index contributed by atoms with van der Waals surface area (Å²) in [4.78, 5) is 13.7. The van der Waals surface area contributed by atoms with Gasteiger partial charge in [0.05, 0.1) is 19.8 Å². The molecule has 2 rings (SSSR count). The first kappa shape index (κ1) is 20.1. The Balaban J connectivity index is 0.00000200. The number of nitrogens with one attached hydrogen (secondary N) is 1. The third kappa shape index (κ3) is 6.20. The van der Waals surface area contributed by atoms with Crippen LogP contribution >= 0.6 is 24.8 Å². The fraction of sp³-hybridized carbons (Fsp3) is 0.500. The number of benzene rings is 1. The predicted molar refractivity (Wildman–Crippen MR) is 89.5 cm³/mol. The average Bonchev–Trinajstić information content (AvgIpc) is 2.43. The zero-order chi connectivity index (χ0) is 13.7. The fourth-order valence-electron chi connectivity index (χ4n) is 2.12. The minimum atomic E-state index is -0.161. The van der Waals surface area contributed by atoms with Gasteiger partial charge in [-0.05, 0) is 24.1 Å². The Hall–Kier alpha value is -0.850. The lowest BCUT2D eigenvalue weighted by Gasteiger charge is -2.26. The lowest BCUT2D eigenvalue weighted by atomic mass is 10.1. The number of nitrogens with two attached hydrogens (primary N) is 1. The van der Waals surface area contributed by atoms with Gasteiger partial charge in [0.2, 0.25) is 5.91 Å². The highest BCUT2D eigenvalue weighted by Gasteiger charge is 2.11. The van der Waals surface area contributed by atoms with Gasteiger partial charge in [0.25, 0.3) is 0 Å². The number of morpholine rings is 1. The zero-order valence-electron chi connectivity index (χ0n) is 12.1. The maximum atomic E-state index is 11.4. The molecule has 1 saturated heterocycles. The monoisotopic (exact) mass is 335 g/mol. The van der Waals surface area contributed by atoms with Crippen LogP contribution in [0.15, 0.2) is 18.2 Å². The molecule has 1 aromatic carbocycles. The van der Waals surface area contributed by atoms with Crippen LogP contribution in [-0.2, 0) is 16.1 Å². The number of aryl methyl sites for hydroxylation is 1. The molecular weight excluding hydrogens is 313 g/mol. The lowest BCUT2D eigenvalue weighted by molar-refractivity contribution is -0.114. The fourth-order valence-corrected chi connectivity index (χ4v) is 2.12. The number of halogens is 2. The largest absolute Gasteiger partial charge is 0.379 e.